The van der Waals surface area contributed by atoms with Crippen LogP contribution in [0.15, 0.2) is 95.8 Å². The monoisotopic (exact) mass is 466 g/mol. The van der Waals surface area contributed by atoms with Gasteiger partial charge in [-0.3, -0.25) is 9.36 Å². The van der Waals surface area contributed by atoms with Gasteiger partial charge < -0.3 is 10.2 Å². The van der Waals surface area contributed by atoms with Gasteiger partial charge in [0.25, 0.3) is 5.56 Å². The van der Waals surface area contributed by atoms with Crippen molar-refractivity contribution < 1.29 is 9.18 Å². The van der Waals surface area contributed by atoms with Gasteiger partial charge in [-0.05, 0) is 54.1 Å². The third kappa shape index (κ3) is 4.12. The van der Waals surface area contributed by atoms with Crippen LogP contribution in [0.3, 0.4) is 0 Å². The van der Waals surface area contributed by atoms with Crippen LogP contribution in [0, 0.1) is 5.82 Å². The van der Waals surface area contributed by atoms with Gasteiger partial charge in [0.1, 0.15) is 11.6 Å². The fourth-order valence-corrected chi connectivity index (χ4v) is 4.11. The highest BCUT2D eigenvalue weighted by Gasteiger charge is 2.25. The van der Waals surface area contributed by atoms with Crippen molar-refractivity contribution in [3.63, 3.8) is 0 Å². The molecule has 5 rings (SSSR count). The van der Waals surface area contributed by atoms with Crippen LogP contribution < -0.4 is 10.9 Å². The maximum absolute atomic E-state index is 14.1. The fraction of sp³-hybridized carbons (Fsp3) is 0.107. The number of hydrogen-bond acceptors (Lipinski definition) is 3. The molecule has 0 bridgehead atoms. The largest absolute Gasteiger partial charge is 0.322 e. The number of carbonyl (C=O) groups excluding carboxylic acids is 1. The van der Waals surface area contributed by atoms with Gasteiger partial charge in [0.2, 0.25) is 0 Å². The summed E-state index contributed by atoms with van der Waals surface area (Å²) in [4.78, 5) is 32.8. The minimum Gasteiger partial charge on any atom is -0.318 e. The van der Waals surface area contributed by atoms with E-state index in [0.29, 0.717) is 22.4 Å². The van der Waals surface area contributed by atoms with Gasteiger partial charge in [-0.15, -0.1) is 0 Å². The normalized spacial score (nSPS) is 12.0. The molecule has 1 unspecified atom stereocenters. The van der Waals surface area contributed by atoms with Crippen LogP contribution in [-0.2, 0) is 0 Å². The first-order valence-corrected chi connectivity index (χ1v) is 11.2. The molecule has 1 N–H and O–H groups in total. The summed E-state index contributed by atoms with van der Waals surface area (Å²) in [6.07, 6.45) is 0. The van der Waals surface area contributed by atoms with Crippen molar-refractivity contribution in [2.45, 2.75) is 13.0 Å². The molecule has 0 aliphatic carbocycles. The van der Waals surface area contributed by atoms with E-state index in [4.69, 9.17) is 4.98 Å². The number of halogens is 1. The number of carbonyl (C=O) groups is 1. The van der Waals surface area contributed by atoms with E-state index in [0.717, 1.165) is 10.8 Å². The number of rotatable bonds is 4. The number of aromatic nitrogens is 2. The lowest BCUT2D eigenvalue weighted by atomic mass is 10.1. The van der Waals surface area contributed by atoms with E-state index in [2.05, 4.69) is 5.32 Å². The second-order valence-electron chi connectivity index (χ2n) is 8.36. The zero-order chi connectivity index (χ0) is 24.5. The summed E-state index contributed by atoms with van der Waals surface area (Å²) in [5.74, 6) is -0.131. The van der Waals surface area contributed by atoms with Gasteiger partial charge in [-0.1, -0.05) is 54.6 Å². The average Bonchev–Trinajstić information content (AvgIpc) is 2.88. The minimum absolute atomic E-state index is 0.0786. The number of urea groups is 1. The molecule has 4 aromatic carbocycles. The molecule has 1 atom stereocenters. The van der Waals surface area contributed by atoms with E-state index in [-0.39, 0.29) is 11.2 Å². The van der Waals surface area contributed by atoms with Gasteiger partial charge in [0, 0.05) is 7.05 Å². The lowest BCUT2D eigenvalue weighted by Crippen LogP contribution is -2.37. The lowest BCUT2D eigenvalue weighted by molar-refractivity contribution is 0.205. The third-order valence-corrected chi connectivity index (χ3v) is 6.18. The number of anilines is 1. The highest BCUT2D eigenvalue weighted by molar-refractivity contribution is 5.89. The molecule has 2 amide bonds. The van der Waals surface area contributed by atoms with Crippen LogP contribution in [0.1, 0.15) is 18.8 Å². The number of amides is 2. The van der Waals surface area contributed by atoms with Crippen molar-refractivity contribution in [1.29, 1.82) is 0 Å². The van der Waals surface area contributed by atoms with Gasteiger partial charge in [0.05, 0.1) is 28.3 Å². The molecule has 7 heteroatoms. The molecular weight excluding hydrogens is 443 g/mol. The molecular formula is C28H23FN4O2. The van der Waals surface area contributed by atoms with Crippen molar-refractivity contribution in [3.05, 3.63) is 113 Å². The van der Waals surface area contributed by atoms with Crippen LogP contribution in [-0.4, -0.2) is 27.5 Å². The highest BCUT2D eigenvalue weighted by atomic mass is 19.1. The second-order valence-corrected chi connectivity index (χ2v) is 8.36. The standard InChI is InChI=1S/C28H23FN4O2/c1-18(32(2)28(35)31-25-14-8-6-12-23(25)29)26-30-24-13-7-5-11-22(24)27(34)33(26)21-16-15-19-9-3-4-10-20(19)17-21/h3-18H,1-2H3,(H,31,35). The Morgan fingerprint density at radius 1 is 0.943 bits per heavy atom. The lowest BCUT2D eigenvalue weighted by Gasteiger charge is -2.27. The summed E-state index contributed by atoms with van der Waals surface area (Å²) in [6.45, 7) is 1.79. The van der Waals surface area contributed by atoms with Crippen LogP contribution >= 0.6 is 0 Å². The zero-order valence-electron chi connectivity index (χ0n) is 19.3. The van der Waals surface area contributed by atoms with Gasteiger partial charge in [0.15, 0.2) is 0 Å². The topological polar surface area (TPSA) is 67.2 Å². The molecule has 5 aromatic rings. The van der Waals surface area contributed by atoms with Gasteiger partial charge in [-0.25, -0.2) is 14.2 Å². The highest BCUT2D eigenvalue weighted by Crippen LogP contribution is 2.25. The Labute approximate surface area is 201 Å². The summed E-state index contributed by atoms with van der Waals surface area (Å²) in [6, 6.07) is 25.6. The minimum atomic E-state index is -0.606. The number of hydrogen-bond donors (Lipinski definition) is 1. The van der Waals surface area contributed by atoms with Gasteiger partial charge in [-0.2, -0.15) is 0 Å². The van der Waals surface area contributed by atoms with Crippen LogP contribution in [0.25, 0.3) is 27.4 Å². The molecule has 1 aromatic heterocycles. The van der Waals surface area contributed by atoms with E-state index in [9.17, 15) is 14.0 Å². The van der Waals surface area contributed by atoms with Crippen molar-refractivity contribution in [2.24, 2.45) is 0 Å². The number of para-hydroxylation sites is 2. The predicted molar refractivity (Wildman–Crippen MR) is 136 cm³/mol. The molecule has 6 nitrogen and oxygen atoms in total. The Morgan fingerprint density at radius 3 is 2.43 bits per heavy atom. The van der Waals surface area contributed by atoms with E-state index in [1.165, 1.54) is 17.0 Å². The molecule has 1 heterocycles. The van der Waals surface area contributed by atoms with E-state index >= 15 is 0 Å². The quantitative estimate of drug-likeness (QED) is 0.358. The molecule has 35 heavy (non-hydrogen) atoms. The van der Waals surface area contributed by atoms with Crippen molar-refractivity contribution in [3.8, 4) is 5.69 Å². The summed E-state index contributed by atoms with van der Waals surface area (Å²) in [7, 11) is 1.59. The summed E-state index contributed by atoms with van der Waals surface area (Å²) < 4.78 is 15.6. The van der Waals surface area contributed by atoms with Gasteiger partial charge >= 0.3 is 6.03 Å². The number of nitrogens with one attached hydrogen (secondary N) is 1. The molecule has 0 fully saturated rings. The third-order valence-electron chi connectivity index (χ3n) is 6.18. The van der Waals surface area contributed by atoms with Crippen molar-refractivity contribution in [1.82, 2.24) is 14.5 Å². The first kappa shape index (κ1) is 22.3. The van der Waals surface area contributed by atoms with Crippen molar-refractivity contribution in [2.75, 3.05) is 12.4 Å². The predicted octanol–water partition coefficient (Wildman–Crippen LogP) is 5.90. The smallest absolute Gasteiger partial charge is 0.318 e. The Hall–Kier alpha value is -4.52. The second kappa shape index (κ2) is 9.02. The first-order valence-electron chi connectivity index (χ1n) is 11.2. The fourth-order valence-electron chi connectivity index (χ4n) is 4.11. The number of benzene rings is 4. The molecule has 0 spiro atoms. The SMILES string of the molecule is CC(c1nc2ccccc2c(=O)n1-c1ccc2ccccc2c1)N(C)C(=O)Nc1ccccc1F. The van der Waals surface area contributed by atoms with E-state index < -0.39 is 17.9 Å². The summed E-state index contributed by atoms with van der Waals surface area (Å²) in [5.41, 5.74) is 1.04. The molecule has 0 radical (unpaired) electrons. The number of nitrogens with zero attached hydrogens (tertiary/aromatic N) is 3. The number of fused-ring (bicyclic) bond motifs is 2. The van der Waals surface area contributed by atoms with E-state index in [1.807, 2.05) is 48.5 Å². The zero-order valence-corrected chi connectivity index (χ0v) is 19.3. The average molecular weight is 467 g/mol. The summed E-state index contributed by atoms with van der Waals surface area (Å²) in [5, 5.41) is 5.11. The Balaban J connectivity index is 1.62. The van der Waals surface area contributed by atoms with Crippen LogP contribution in [0.2, 0.25) is 0 Å². The molecule has 174 valence electrons. The summed E-state index contributed by atoms with van der Waals surface area (Å²) >= 11 is 0. The maximum atomic E-state index is 14.1. The molecule has 0 aliphatic heterocycles. The molecule has 0 saturated heterocycles. The Kier molecular flexibility index (Phi) is 5.74. The molecule has 0 saturated carbocycles. The van der Waals surface area contributed by atoms with E-state index in [1.54, 1.807) is 48.9 Å². The van der Waals surface area contributed by atoms with Crippen LogP contribution in [0.4, 0.5) is 14.9 Å². The van der Waals surface area contributed by atoms with Crippen LogP contribution in [0.5, 0.6) is 0 Å². The maximum Gasteiger partial charge on any atom is 0.322 e. The Bertz CT molecular complexity index is 1630. The first-order chi connectivity index (χ1) is 16.9. The Morgan fingerprint density at radius 2 is 1.63 bits per heavy atom. The van der Waals surface area contributed by atoms with Crippen molar-refractivity contribution >= 4 is 33.4 Å². The molecule has 0 aliphatic rings.